The van der Waals surface area contributed by atoms with Crippen molar-refractivity contribution in [2.75, 3.05) is 0 Å². The Hall–Kier alpha value is -1.77. The second-order valence-electron chi connectivity index (χ2n) is 10.6. The van der Waals surface area contributed by atoms with Crippen LogP contribution in [0.5, 0.6) is 0 Å². The Bertz CT molecular complexity index is 809. The summed E-state index contributed by atoms with van der Waals surface area (Å²) in [5.41, 5.74) is 2.72. The molecule has 1 heterocycles. The van der Waals surface area contributed by atoms with Crippen molar-refractivity contribution in [1.29, 1.82) is 0 Å². The number of unbranched alkanes of at least 4 members (excludes halogenated alkanes) is 7. The monoisotopic (exact) mass is 466 g/mol. The second kappa shape index (κ2) is 15.3. The first kappa shape index (κ1) is 26.8. The predicted molar refractivity (Wildman–Crippen MR) is 142 cm³/mol. The average molecular weight is 467 g/mol. The molecule has 2 aromatic rings. The molecular weight excluding hydrogens is 419 g/mol. The van der Waals surface area contributed by atoms with Crippen LogP contribution in [0.3, 0.4) is 0 Å². The van der Waals surface area contributed by atoms with Crippen LogP contribution in [0.1, 0.15) is 122 Å². The standard InChI is InChI=1S/C31H47FN2/c1-3-5-6-7-8-9-10-11-13-26-18-21-28(22-19-26)29-24-33-30(34-31(29)32)23-20-27-16-14-25(12-4-2)15-17-27/h18-19,21-22,24-25,27H,3-17,20,23H2,1-2H3/t25-,27-. The Morgan fingerprint density at radius 3 is 1.97 bits per heavy atom. The summed E-state index contributed by atoms with van der Waals surface area (Å²) in [4.78, 5) is 8.73. The molecule has 0 unspecified atom stereocenters. The van der Waals surface area contributed by atoms with Crippen molar-refractivity contribution in [2.24, 2.45) is 11.8 Å². The Balaban J connectivity index is 1.40. The zero-order chi connectivity index (χ0) is 24.0. The molecule has 0 N–H and O–H groups in total. The number of hydrogen-bond donors (Lipinski definition) is 0. The molecule has 0 aliphatic heterocycles. The highest BCUT2D eigenvalue weighted by molar-refractivity contribution is 5.62. The average Bonchev–Trinajstić information content (AvgIpc) is 2.86. The predicted octanol–water partition coefficient (Wildman–Crippen LogP) is 9.50. The highest BCUT2D eigenvalue weighted by atomic mass is 19.1. The van der Waals surface area contributed by atoms with Gasteiger partial charge in [0.1, 0.15) is 5.82 Å². The molecule has 0 atom stereocenters. The van der Waals surface area contributed by atoms with Crippen LogP contribution in [0.15, 0.2) is 30.5 Å². The van der Waals surface area contributed by atoms with Crippen molar-refractivity contribution in [2.45, 2.75) is 123 Å². The lowest BCUT2D eigenvalue weighted by Gasteiger charge is -2.28. The van der Waals surface area contributed by atoms with E-state index in [1.165, 1.54) is 95.5 Å². The lowest BCUT2D eigenvalue weighted by atomic mass is 9.78. The number of benzene rings is 1. The van der Waals surface area contributed by atoms with Gasteiger partial charge in [-0.1, -0.05) is 122 Å². The number of hydrogen-bond acceptors (Lipinski definition) is 2. The van der Waals surface area contributed by atoms with E-state index in [4.69, 9.17) is 0 Å². The van der Waals surface area contributed by atoms with Crippen molar-refractivity contribution in [3.8, 4) is 11.1 Å². The van der Waals surface area contributed by atoms with E-state index in [0.717, 1.165) is 36.7 Å². The molecule has 0 amide bonds. The van der Waals surface area contributed by atoms with Crippen LogP contribution in [0.2, 0.25) is 0 Å². The normalized spacial score (nSPS) is 18.3. The highest BCUT2D eigenvalue weighted by Crippen LogP contribution is 2.33. The van der Waals surface area contributed by atoms with E-state index in [-0.39, 0.29) is 5.95 Å². The number of aromatic nitrogens is 2. The third kappa shape index (κ3) is 9.12. The van der Waals surface area contributed by atoms with E-state index < -0.39 is 0 Å². The topological polar surface area (TPSA) is 25.8 Å². The number of aryl methyl sites for hydroxylation is 2. The van der Waals surface area contributed by atoms with Gasteiger partial charge in [0.05, 0.1) is 5.56 Å². The quantitative estimate of drug-likeness (QED) is 0.193. The maximum Gasteiger partial charge on any atom is 0.224 e. The van der Waals surface area contributed by atoms with Crippen molar-refractivity contribution >= 4 is 0 Å². The van der Waals surface area contributed by atoms with E-state index in [1.54, 1.807) is 6.20 Å². The van der Waals surface area contributed by atoms with Gasteiger partial charge in [0.15, 0.2) is 0 Å². The van der Waals surface area contributed by atoms with Crippen LogP contribution in [-0.4, -0.2) is 9.97 Å². The van der Waals surface area contributed by atoms with Crippen LogP contribution < -0.4 is 0 Å². The number of nitrogens with zero attached hydrogens (tertiary/aromatic N) is 2. The maximum atomic E-state index is 14.8. The largest absolute Gasteiger partial charge is 0.241 e. The van der Waals surface area contributed by atoms with Crippen LogP contribution in [0.25, 0.3) is 11.1 Å². The maximum absolute atomic E-state index is 14.8. The van der Waals surface area contributed by atoms with Gasteiger partial charge in [0.2, 0.25) is 5.95 Å². The van der Waals surface area contributed by atoms with E-state index in [9.17, 15) is 4.39 Å². The summed E-state index contributed by atoms with van der Waals surface area (Å²) in [6.07, 6.45) is 23.4. The smallest absolute Gasteiger partial charge is 0.224 e. The van der Waals surface area contributed by atoms with Gasteiger partial charge in [-0.25, -0.2) is 9.97 Å². The van der Waals surface area contributed by atoms with Crippen LogP contribution >= 0.6 is 0 Å². The molecule has 188 valence electrons. The first-order chi connectivity index (χ1) is 16.7. The molecule has 1 fully saturated rings. The minimum atomic E-state index is -0.382. The van der Waals surface area contributed by atoms with Gasteiger partial charge in [-0.15, -0.1) is 0 Å². The van der Waals surface area contributed by atoms with Crippen molar-refractivity contribution < 1.29 is 4.39 Å². The molecule has 0 bridgehead atoms. The zero-order valence-electron chi connectivity index (χ0n) is 21.8. The van der Waals surface area contributed by atoms with E-state index >= 15 is 0 Å². The molecule has 34 heavy (non-hydrogen) atoms. The SMILES string of the molecule is CCCCCCCCCCc1ccc(-c2cnc(CC[C@H]3CC[C@H](CCC)CC3)nc2F)cc1. The summed E-state index contributed by atoms with van der Waals surface area (Å²) in [6.45, 7) is 4.55. The summed E-state index contributed by atoms with van der Waals surface area (Å²) in [5, 5.41) is 0. The molecule has 1 saturated carbocycles. The fourth-order valence-electron chi connectivity index (χ4n) is 5.57. The van der Waals surface area contributed by atoms with Crippen LogP contribution in [0, 0.1) is 17.8 Å². The highest BCUT2D eigenvalue weighted by Gasteiger charge is 2.21. The minimum Gasteiger partial charge on any atom is -0.241 e. The molecular formula is C31H47FN2. The van der Waals surface area contributed by atoms with E-state index in [2.05, 4.69) is 35.9 Å². The fraction of sp³-hybridized carbons (Fsp3) is 0.677. The first-order valence-electron chi connectivity index (χ1n) is 14.3. The van der Waals surface area contributed by atoms with E-state index in [0.29, 0.717) is 11.4 Å². The van der Waals surface area contributed by atoms with Crippen molar-refractivity contribution in [3.05, 3.63) is 47.8 Å². The lowest BCUT2D eigenvalue weighted by Crippen LogP contribution is -2.15. The first-order valence-corrected chi connectivity index (χ1v) is 14.3. The fourth-order valence-corrected chi connectivity index (χ4v) is 5.57. The number of rotatable bonds is 15. The third-order valence-electron chi connectivity index (χ3n) is 7.82. The lowest BCUT2D eigenvalue weighted by molar-refractivity contribution is 0.251. The van der Waals surface area contributed by atoms with Gasteiger partial charge in [-0.3, -0.25) is 0 Å². The van der Waals surface area contributed by atoms with Crippen LogP contribution in [-0.2, 0) is 12.8 Å². The van der Waals surface area contributed by atoms with Crippen molar-refractivity contribution in [3.63, 3.8) is 0 Å². The molecule has 0 spiro atoms. The summed E-state index contributed by atoms with van der Waals surface area (Å²) in [5.74, 6) is 1.96. The van der Waals surface area contributed by atoms with Gasteiger partial charge in [-0.2, -0.15) is 4.39 Å². The molecule has 3 rings (SSSR count). The molecule has 1 aromatic carbocycles. The minimum absolute atomic E-state index is 0.382. The Morgan fingerprint density at radius 2 is 1.35 bits per heavy atom. The van der Waals surface area contributed by atoms with Gasteiger partial charge in [0, 0.05) is 12.6 Å². The second-order valence-corrected chi connectivity index (χ2v) is 10.6. The van der Waals surface area contributed by atoms with Gasteiger partial charge in [0.25, 0.3) is 0 Å². The summed E-state index contributed by atoms with van der Waals surface area (Å²) >= 11 is 0. The molecule has 0 radical (unpaired) electrons. The Morgan fingerprint density at radius 1 is 0.735 bits per heavy atom. The molecule has 0 saturated heterocycles. The molecule has 1 aliphatic carbocycles. The Kier molecular flexibility index (Phi) is 12.1. The summed E-state index contributed by atoms with van der Waals surface area (Å²) in [6, 6.07) is 8.32. The third-order valence-corrected chi connectivity index (χ3v) is 7.82. The molecule has 2 nitrogen and oxygen atoms in total. The summed E-state index contributed by atoms with van der Waals surface area (Å²) < 4.78 is 14.8. The van der Waals surface area contributed by atoms with Gasteiger partial charge in [-0.05, 0) is 42.2 Å². The van der Waals surface area contributed by atoms with Crippen molar-refractivity contribution in [1.82, 2.24) is 9.97 Å². The van der Waals surface area contributed by atoms with E-state index in [1.807, 2.05) is 12.1 Å². The molecule has 1 aromatic heterocycles. The summed E-state index contributed by atoms with van der Waals surface area (Å²) in [7, 11) is 0. The molecule has 3 heteroatoms. The van der Waals surface area contributed by atoms with Gasteiger partial charge < -0.3 is 0 Å². The Labute approximate surface area is 208 Å². The zero-order valence-corrected chi connectivity index (χ0v) is 21.8. The van der Waals surface area contributed by atoms with Gasteiger partial charge >= 0.3 is 0 Å². The molecule has 1 aliphatic rings. The van der Waals surface area contributed by atoms with Crippen LogP contribution in [0.4, 0.5) is 4.39 Å². The number of halogens is 1.